The maximum absolute atomic E-state index is 12.1. The molecule has 1 saturated carbocycles. The molecule has 0 spiro atoms. The second-order valence-corrected chi connectivity index (χ2v) is 5.46. The predicted molar refractivity (Wildman–Crippen MR) is 71.2 cm³/mol. The van der Waals surface area contributed by atoms with E-state index in [-0.39, 0.29) is 12.3 Å². The second kappa shape index (κ2) is 6.07. The molecule has 6 nitrogen and oxygen atoms in total. The van der Waals surface area contributed by atoms with Gasteiger partial charge in [-0.15, -0.1) is 0 Å². The van der Waals surface area contributed by atoms with E-state index in [0.717, 1.165) is 25.7 Å². The number of carboxylic acid groups (broad SMARTS) is 1. The summed E-state index contributed by atoms with van der Waals surface area (Å²) in [4.78, 5) is 23.6. The Morgan fingerprint density at radius 2 is 2.00 bits per heavy atom. The number of hydrogen-bond donors (Lipinski definition) is 2. The van der Waals surface area contributed by atoms with Crippen molar-refractivity contribution in [3.63, 3.8) is 0 Å². The maximum Gasteiger partial charge on any atom is 0.329 e. The number of nitrogens with one attached hydrogen (secondary N) is 1. The zero-order valence-electron chi connectivity index (χ0n) is 11.6. The molecule has 2 N–H and O–H groups in total. The summed E-state index contributed by atoms with van der Waals surface area (Å²) in [5.74, 6) is -0.623. The Morgan fingerprint density at radius 1 is 1.35 bits per heavy atom. The van der Waals surface area contributed by atoms with Crippen LogP contribution in [0.5, 0.6) is 0 Å². The van der Waals surface area contributed by atoms with Crippen LogP contribution in [-0.2, 0) is 16.0 Å². The number of amides is 1. The zero-order chi connectivity index (χ0) is 14.6. The molecular weight excluding hydrogens is 260 g/mol. The molecule has 0 unspecified atom stereocenters. The Balaban J connectivity index is 2.03. The standard InChI is InChI=1S/C14H20N2O4/c1-10-8-11(16-20-10)9-12(17)15-14(13(18)19)6-4-2-3-5-7-14/h8H,2-7,9H2,1H3,(H,15,17)(H,18,19). The fourth-order valence-electron chi connectivity index (χ4n) is 2.70. The van der Waals surface area contributed by atoms with E-state index in [1.54, 1.807) is 13.0 Å². The number of carboxylic acids is 1. The molecule has 1 aliphatic rings. The topological polar surface area (TPSA) is 92.4 Å². The fraction of sp³-hybridized carbons (Fsp3) is 0.643. The van der Waals surface area contributed by atoms with Crippen LogP contribution in [0.4, 0.5) is 0 Å². The van der Waals surface area contributed by atoms with Crippen LogP contribution in [0.2, 0.25) is 0 Å². The molecule has 6 heteroatoms. The van der Waals surface area contributed by atoms with Gasteiger partial charge in [-0.1, -0.05) is 30.8 Å². The summed E-state index contributed by atoms with van der Waals surface area (Å²) in [6, 6.07) is 1.68. The molecule has 1 aromatic rings. The molecule has 1 aliphatic carbocycles. The number of hydrogen-bond acceptors (Lipinski definition) is 4. The lowest BCUT2D eigenvalue weighted by Crippen LogP contribution is -2.54. The van der Waals surface area contributed by atoms with Gasteiger partial charge < -0.3 is 14.9 Å². The van der Waals surface area contributed by atoms with Crippen molar-refractivity contribution in [2.45, 2.75) is 57.4 Å². The number of aliphatic carboxylic acids is 1. The molecule has 1 aromatic heterocycles. The molecule has 1 heterocycles. The summed E-state index contributed by atoms with van der Waals surface area (Å²) < 4.78 is 4.90. The van der Waals surface area contributed by atoms with Crippen molar-refractivity contribution in [2.24, 2.45) is 0 Å². The second-order valence-electron chi connectivity index (χ2n) is 5.46. The Bertz CT molecular complexity index is 487. The molecule has 20 heavy (non-hydrogen) atoms. The summed E-state index contributed by atoms with van der Waals surface area (Å²) >= 11 is 0. The van der Waals surface area contributed by atoms with Crippen LogP contribution in [0.25, 0.3) is 0 Å². The first kappa shape index (κ1) is 14.6. The van der Waals surface area contributed by atoms with E-state index in [9.17, 15) is 14.7 Å². The first-order chi connectivity index (χ1) is 9.52. The summed E-state index contributed by atoms with van der Waals surface area (Å²) in [6.07, 6.45) is 4.73. The molecular formula is C14H20N2O4. The van der Waals surface area contributed by atoms with E-state index in [2.05, 4.69) is 10.5 Å². The number of rotatable bonds is 4. The quantitative estimate of drug-likeness (QED) is 0.821. The van der Waals surface area contributed by atoms with Gasteiger partial charge in [0.25, 0.3) is 0 Å². The molecule has 0 bridgehead atoms. The molecule has 2 rings (SSSR count). The maximum atomic E-state index is 12.1. The average Bonchev–Trinajstić information content (AvgIpc) is 2.64. The van der Waals surface area contributed by atoms with Gasteiger partial charge in [-0.3, -0.25) is 4.79 Å². The van der Waals surface area contributed by atoms with Gasteiger partial charge in [0, 0.05) is 6.07 Å². The number of carbonyl (C=O) groups is 2. The van der Waals surface area contributed by atoms with Crippen molar-refractivity contribution in [1.29, 1.82) is 0 Å². The SMILES string of the molecule is Cc1cc(CC(=O)NC2(C(=O)O)CCCCCC2)no1. The fourth-order valence-corrected chi connectivity index (χ4v) is 2.70. The third-order valence-corrected chi connectivity index (χ3v) is 3.76. The third kappa shape index (κ3) is 3.37. The molecule has 0 atom stereocenters. The lowest BCUT2D eigenvalue weighted by atomic mass is 9.90. The van der Waals surface area contributed by atoms with Crippen molar-refractivity contribution >= 4 is 11.9 Å². The highest BCUT2D eigenvalue weighted by molar-refractivity contribution is 5.87. The molecule has 0 aliphatic heterocycles. The Kier molecular flexibility index (Phi) is 4.42. The Labute approximate surface area is 117 Å². The molecule has 0 aromatic carbocycles. The summed E-state index contributed by atoms with van der Waals surface area (Å²) in [6.45, 7) is 1.75. The highest BCUT2D eigenvalue weighted by atomic mass is 16.5. The Hall–Kier alpha value is -1.85. The van der Waals surface area contributed by atoms with Gasteiger partial charge in [0.05, 0.1) is 12.1 Å². The van der Waals surface area contributed by atoms with E-state index in [1.807, 2.05) is 0 Å². The van der Waals surface area contributed by atoms with Gasteiger partial charge in [-0.2, -0.15) is 0 Å². The van der Waals surface area contributed by atoms with Crippen LogP contribution in [-0.4, -0.2) is 27.7 Å². The van der Waals surface area contributed by atoms with Crippen molar-refractivity contribution in [2.75, 3.05) is 0 Å². The number of carbonyl (C=O) groups excluding carboxylic acids is 1. The zero-order valence-corrected chi connectivity index (χ0v) is 11.6. The van der Waals surface area contributed by atoms with Gasteiger partial charge >= 0.3 is 5.97 Å². The van der Waals surface area contributed by atoms with E-state index in [0.29, 0.717) is 24.3 Å². The van der Waals surface area contributed by atoms with Crippen LogP contribution >= 0.6 is 0 Å². The number of aryl methyl sites for hydroxylation is 1. The molecule has 110 valence electrons. The monoisotopic (exact) mass is 280 g/mol. The summed E-state index contributed by atoms with van der Waals surface area (Å²) in [5.41, 5.74) is -0.596. The Morgan fingerprint density at radius 3 is 2.50 bits per heavy atom. The molecule has 0 radical (unpaired) electrons. The minimum Gasteiger partial charge on any atom is -0.480 e. The van der Waals surface area contributed by atoms with Gasteiger partial charge in [0.1, 0.15) is 11.3 Å². The van der Waals surface area contributed by atoms with Crippen LogP contribution in [0.3, 0.4) is 0 Å². The van der Waals surface area contributed by atoms with Crippen LogP contribution < -0.4 is 5.32 Å². The highest BCUT2D eigenvalue weighted by Gasteiger charge is 2.39. The molecule has 0 saturated heterocycles. The van der Waals surface area contributed by atoms with Gasteiger partial charge in [0.2, 0.25) is 5.91 Å². The minimum absolute atomic E-state index is 0.0480. The normalized spacial score (nSPS) is 18.2. The lowest BCUT2D eigenvalue weighted by Gasteiger charge is -2.29. The van der Waals surface area contributed by atoms with Gasteiger partial charge in [0.15, 0.2) is 0 Å². The summed E-state index contributed by atoms with van der Waals surface area (Å²) in [7, 11) is 0. The van der Waals surface area contributed by atoms with Gasteiger partial charge in [-0.05, 0) is 19.8 Å². The van der Waals surface area contributed by atoms with E-state index >= 15 is 0 Å². The minimum atomic E-state index is -1.12. The smallest absolute Gasteiger partial charge is 0.329 e. The van der Waals surface area contributed by atoms with E-state index < -0.39 is 11.5 Å². The third-order valence-electron chi connectivity index (χ3n) is 3.76. The van der Waals surface area contributed by atoms with Crippen LogP contribution in [0.1, 0.15) is 50.0 Å². The van der Waals surface area contributed by atoms with E-state index in [1.165, 1.54) is 0 Å². The van der Waals surface area contributed by atoms with Crippen molar-refractivity contribution in [3.05, 3.63) is 17.5 Å². The largest absolute Gasteiger partial charge is 0.480 e. The predicted octanol–water partition coefficient (Wildman–Crippen LogP) is 1.82. The van der Waals surface area contributed by atoms with Crippen LogP contribution in [0.15, 0.2) is 10.6 Å². The molecule has 1 fully saturated rings. The van der Waals surface area contributed by atoms with E-state index in [4.69, 9.17) is 4.52 Å². The molecule has 1 amide bonds. The number of nitrogens with zero attached hydrogens (tertiary/aromatic N) is 1. The van der Waals surface area contributed by atoms with Crippen molar-refractivity contribution in [3.8, 4) is 0 Å². The van der Waals surface area contributed by atoms with Crippen molar-refractivity contribution < 1.29 is 19.2 Å². The highest BCUT2D eigenvalue weighted by Crippen LogP contribution is 2.27. The van der Waals surface area contributed by atoms with Crippen LogP contribution in [0, 0.1) is 6.92 Å². The average molecular weight is 280 g/mol. The van der Waals surface area contributed by atoms with Crippen molar-refractivity contribution in [1.82, 2.24) is 10.5 Å². The lowest BCUT2D eigenvalue weighted by molar-refractivity contribution is -0.148. The summed E-state index contributed by atoms with van der Waals surface area (Å²) in [5, 5.41) is 15.9. The van der Waals surface area contributed by atoms with Gasteiger partial charge in [-0.25, -0.2) is 4.79 Å². The first-order valence-corrected chi connectivity index (χ1v) is 6.98. The number of aromatic nitrogens is 1. The first-order valence-electron chi connectivity index (χ1n) is 6.98.